The molecule has 0 saturated heterocycles. The molecule has 146 valence electrons. The molecule has 0 bridgehead atoms. The van der Waals surface area contributed by atoms with Crippen molar-refractivity contribution in [1.29, 1.82) is 0 Å². The third-order valence-electron chi connectivity index (χ3n) is 5.19. The summed E-state index contributed by atoms with van der Waals surface area (Å²) in [6.07, 6.45) is 5.51. The maximum Gasteiger partial charge on any atom is 0.269 e. The smallest absolute Gasteiger partial charge is 0.269 e. The van der Waals surface area contributed by atoms with Gasteiger partial charge in [-0.3, -0.25) is 25.2 Å². The molecule has 0 fully saturated rings. The minimum atomic E-state index is -0.384. The molecular weight excluding hydrogens is 352 g/mol. The van der Waals surface area contributed by atoms with E-state index in [1.165, 1.54) is 17.5 Å². The van der Waals surface area contributed by atoms with Gasteiger partial charge in [0.05, 0.1) is 0 Å². The Morgan fingerprint density at radius 3 is 2.21 bits per heavy atom. The van der Waals surface area contributed by atoms with Crippen LogP contribution in [0.2, 0.25) is 0 Å². The van der Waals surface area contributed by atoms with E-state index in [2.05, 4.69) is 10.9 Å². The van der Waals surface area contributed by atoms with Crippen LogP contribution >= 0.6 is 0 Å². The summed E-state index contributed by atoms with van der Waals surface area (Å²) < 4.78 is 0. The van der Waals surface area contributed by atoms with Gasteiger partial charge in [0.15, 0.2) is 5.78 Å². The van der Waals surface area contributed by atoms with Crippen LogP contribution in [0, 0.1) is 0 Å². The van der Waals surface area contributed by atoms with Crippen molar-refractivity contribution in [1.82, 2.24) is 10.9 Å². The molecule has 0 aromatic heterocycles. The molecule has 2 aromatic carbocycles. The summed E-state index contributed by atoms with van der Waals surface area (Å²) in [5.41, 5.74) is 9.62. The van der Waals surface area contributed by atoms with Gasteiger partial charge in [-0.2, -0.15) is 0 Å². The molecule has 5 nitrogen and oxygen atoms in total. The molecule has 0 radical (unpaired) electrons. The van der Waals surface area contributed by atoms with Crippen molar-refractivity contribution in [3.8, 4) is 0 Å². The van der Waals surface area contributed by atoms with Crippen molar-refractivity contribution in [2.24, 2.45) is 0 Å². The fourth-order valence-electron chi connectivity index (χ4n) is 3.43. The number of ketones is 1. The third-order valence-corrected chi connectivity index (χ3v) is 5.19. The Morgan fingerprint density at radius 1 is 0.821 bits per heavy atom. The number of fused-ring (bicyclic) bond motifs is 1. The number of carbonyl (C=O) groups is 3. The van der Waals surface area contributed by atoms with Gasteiger partial charge in [0.1, 0.15) is 0 Å². The average molecular weight is 378 g/mol. The Hall–Kier alpha value is -2.95. The first-order valence-corrected chi connectivity index (χ1v) is 9.90. The summed E-state index contributed by atoms with van der Waals surface area (Å²) in [5, 5.41) is 0. The summed E-state index contributed by atoms with van der Waals surface area (Å²) in [4.78, 5) is 36.4. The van der Waals surface area contributed by atoms with Crippen LogP contribution in [0.25, 0.3) is 0 Å². The van der Waals surface area contributed by atoms with Gasteiger partial charge in [-0.15, -0.1) is 0 Å². The Labute approximate surface area is 165 Å². The molecule has 28 heavy (non-hydrogen) atoms. The van der Waals surface area contributed by atoms with Crippen molar-refractivity contribution in [2.45, 2.75) is 51.9 Å². The minimum Gasteiger partial charge on any atom is -0.294 e. The first-order valence-electron chi connectivity index (χ1n) is 9.90. The second-order valence-electron chi connectivity index (χ2n) is 7.17. The highest BCUT2D eigenvalue weighted by molar-refractivity contribution is 5.99. The standard InChI is InChI=1S/C23H26N2O3/c1-2-16-7-9-18(10-8-16)23(28)25-24-22(27)14-13-21(26)20-12-11-17-5-3-4-6-19(17)15-20/h7-12,15H,2-6,13-14H2,1H3,(H,24,27)(H,25,28). The molecule has 3 rings (SSSR count). The maximum absolute atomic E-state index is 12.4. The lowest BCUT2D eigenvalue weighted by Gasteiger charge is -2.16. The summed E-state index contributed by atoms with van der Waals surface area (Å²) in [7, 11) is 0. The number of hydrogen-bond acceptors (Lipinski definition) is 3. The highest BCUT2D eigenvalue weighted by atomic mass is 16.2. The molecule has 0 aliphatic heterocycles. The van der Waals surface area contributed by atoms with Crippen LogP contribution in [0.5, 0.6) is 0 Å². The maximum atomic E-state index is 12.4. The zero-order valence-corrected chi connectivity index (χ0v) is 16.2. The summed E-state index contributed by atoms with van der Waals surface area (Å²) in [6, 6.07) is 13.1. The number of aryl methyl sites for hydroxylation is 3. The molecule has 0 unspecified atom stereocenters. The number of carbonyl (C=O) groups excluding carboxylic acids is 3. The number of Topliss-reactive ketones (excluding diaryl/α,β-unsaturated/α-hetero) is 1. The molecule has 2 N–H and O–H groups in total. The van der Waals surface area contributed by atoms with Crippen LogP contribution in [0.1, 0.15) is 70.0 Å². The fourth-order valence-corrected chi connectivity index (χ4v) is 3.43. The number of nitrogens with one attached hydrogen (secondary N) is 2. The molecule has 2 amide bonds. The van der Waals surface area contributed by atoms with Crippen LogP contribution in [0.3, 0.4) is 0 Å². The zero-order chi connectivity index (χ0) is 19.9. The quantitative estimate of drug-likeness (QED) is 0.596. The third kappa shape index (κ3) is 5.06. The molecule has 1 aliphatic carbocycles. The van der Waals surface area contributed by atoms with E-state index in [1.807, 2.05) is 37.3 Å². The van der Waals surface area contributed by atoms with Crippen LogP contribution in [0.15, 0.2) is 42.5 Å². The van der Waals surface area contributed by atoms with Crippen LogP contribution in [-0.2, 0) is 24.1 Å². The van der Waals surface area contributed by atoms with E-state index in [0.717, 1.165) is 31.2 Å². The van der Waals surface area contributed by atoms with Crippen LogP contribution in [-0.4, -0.2) is 17.6 Å². The molecule has 0 spiro atoms. The number of hydrazine groups is 1. The Balaban J connectivity index is 1.45. The average Bonchev–Trinajstić information content (AvgIpc) is 2.75. The van der Waals surface area contributed by atoms with Gasteiger partial charge >= 0.3 is 0 Å². The van der Waals surface area contributed by atoms with Gasteiger partial charge in [0.25, 0.3) is 5.91 Å². The van der Waals surface area contributed by atoms with Crippen LogP contribution < -0.4 is 10.9 Å². The summed E-state index contributed by atoms with van der Waals surface area (Å²) >= 11 is 0. The number of amides is 2. The van der Waals surface area contributed by atoms with E-state index in [1.54, 1.807) is 12.1 Å². The predicted octanol–water partition coefficient (Wildman–Crippen LogP) is 3.55. The highest BCUT2D eigenvalue weighted by Crippen LogP contribution is 2.22. The molecule has 2 aromatic rings. The molecule has 1 aliphatic rings. The largest absolute Gasteiger partial charge is 0.294 e. The van der Waals surface area contributed by atoms with E-state index >= 15 is 0 Å². The predicted molar refractivity (Wildman–Crippen MR) is 108 cm³/mol. The van der Waals surface area contributed by atoms with E-state index in [4.69, 9.17) is 0 Å². The van der Waals surface area contributed by atoms with Gasteiger partial charge in [-0.25, -0.2) is 0 Å². The molecule has 5 heteroatoms. The zero-order valence-electron chi connectivity index (χ0n) is 16.2. The number of benzene rings is 2. The Bertz CT molecular complexity index is 872. The van der Waals surface area contributed by atoms with E-state index < -0.39 is 0 Å². The first-order chi connectivity index (χ1) is 13.6. The topological polar surface area (TPSA) is 75.3 Å². The SMILES string of the molecule is CCc1ccc(C(=O)NNC(=O)CCC(=O)c2ccc3c(c2)CCCC3)cc1. The fraction of sp³-hybridized carbons (Fsp3) is 0.348. The van der Waals surface area contributed by atoms with E-state index in [9.17, 15) is 14.4 Å². The summed E-state index contributed by atoms with van der Waals surface area (Å²) in [5.74, 6) is -0.813. The van der Waals surface area contributed by atoms with Gasteiger partial charge in [-0.1, -0.05) is 31.2 Å². The monoisotopic (exact) mass is 378 g/mol. The molecule has 0 atom stereocenters. The lowest BCUT2D eigenvalue weighted by atomic mass is 9.89. The minimum absolute atomic E-state index is 0.0327. The van der Waals surface area contributed by atoms with Crippen molar-refractivity contribution >= 4 is 17.6 Å². The highest BCUT2D eigenvalue weighted by Gasteiger charge is 2.14. The first kappa shape index (κ1) is 19.8. The number of hydrogen-bond donors (Lipinski definition) is 2. The van der Waals surface area contributed by atoms with Crippen molar-refractivity contribution < 1.29 is 14.4 Å². The summed E-state index contributed by atoms with van der Waals surface area (Å²) in [6.45, 7) is 2.04. The van der Waals surface area contributed by atoms with Crippen LogP contribution in [0.4, 0.5) is 0 Å². The Kier molecular flexibility index (Phi) is 6.58. The normalized spacial score (nSPS) is 12.8. The second-order valence-corrected chi connectivity index (χ2v) is 7.17. The van der Waals surface area contributed by atoms with Crippen molar-refractivity contribution in [3.05, 3.63) is 70.3 Å². The van der Waals surface area contributed by atoms with Gasteiger partial charge in [0.2, 0.25) is 5.91 Å². The molecule has 0 saturated carbocycles. The second kappa shape index (κ2) is 9.31. The number of rotatable bonds is 6. The van der Waals surface area contributed by atoms with Crippen molar-refractivity contribution in [2.75, 3.05) is 0 Å². The molecular formula is C23H26N2O3. The molecule has 0 heterocycles. The van der Waals surface area contributed by atoms with E-state index in [-0.39, 0.29) is 30.4 Å². The Morgan fingerprint density at radius 2 is 1.50 bits per heavy atom. The van der Waals surface area contributed by atoms with Gasteiger partial charge < -0.3 is 0 Å². The lowest BCUT2D eigenvalue weighted by Crippen LogP contribution is -2.41. The van der Waals surface area contributed by atoms with E-state index in [0.29, 0.717) is 11.1 Å². The van der Waals surface area contributed by atoms with Gasteiger partial charge in [0, 0.05) is 24.0 Å². The lowest BCUT2D eigenvalue weighted by molar-refractivity contribution is -0.121. The van der Waals surface area contributed by atoms with Crippen molar-refractivity contribution in [3.63, 3.8) is 0 Å². The van der Waals surface area contributed by atoms with Gasteiger partial charge in [-0.05, 0) is 67.0 Å².